The van der Waals surface area contributed by atoms with Gasteiger partial charge in [-0.15, -0.1) is 0 Å². The number of pyridine rings is 1. The third-order valence-electron chi connectivity index (χ3n) is 2.86. The molecule has 0 aliphatic rings. The summed E-state index contributed by atoms with van der Waals surface area (Å²) in [5.41, 5.74) is 1.11. The third kappa shape index (κ3) is 6.21. The van der Waals surface area contributed by atoms with Gasteiger partial charge in [-0.05, 0) is 29.8 Å². The molecule has 0 N–H and O–H groups in total. The summed E-state index contributed by atoms with van der Waals surface area (Å²) in [6, 6.07) is 17.2. The third-order valence-corrected chi connectivity index (χ3v) is 3.97. The Labute approximate surface area is 159 Å². The SMILES string of the molecule is C=Cc1ccncc1.[O-]c1ccccc1Sc1ccccc1[O-].[Pd+2]. The molecule has 0 aliphatic carbocycles. The van der Waals surface area contributed by atoms with Crippen molar-refractivity contribution in [1.29, 1.82) is 0 Å². The minimum absolute atomic E-state index is 0. The van der Waals surface area contributed by atoms with Crippen molar-refractivity contribution in [2.45, 2.75) is 9.79 Å². The van der Waals surface area contributed by atoms with E-state index in [0.29, 0.717) is 9.79 Å². The summed E-state index contributed by atoms with van der Waals surface area (Å²) in [6.07, 6.45) is 5.29. The monoisotopic (exact) mass is 427 g/mol. The van der Waals surface area contributed by atoms with Crippen molar-refractivity contribution in [2.24, 2.45) is 0 Å². The minimum atomic E-state index is -0.0502. The second-order valence-electron chi connectivity index (χ2n) is 4.48. The molecule has 3 nitrogen and oxygen atoms in total. The predicted molar refractivity (Wildman–Crippen MR) is 90.2 cm³/mol. The molecule has 0 radical (unpaired) electrons. The fraction of sp³-hybridized carbons (Fsp3) is 0. The van der Waals surface area contributed by atoms with Crippen molar-refractivity contribution in [3.8, 4) is 11.5 Å². The molecular formula is C19H15NO2PdS. The van der Waals surface area contributed by atoms with Crippen LogP contribution in [0.1, 0.15) is 5.56 Å². The zero-order valence-corrected chi connectivity index (χ0v) is 15.1. The maximum atomic E-state index is 11.4. The second kappa shape index (κ2) is 10.7. The van der Waals surface area contributed by atoms with Crippen molar-refractivity contribution in [2.75, 3.05) is 0 Å². The van der Waals surface area contributed by atoms with E-state index in [-0.39, 0.29) is 31.9 Å². The number of benzene rings is 2. The maximum Gasteiger partial charge on any atom is 2.00 e. The van der Waals surface area contributed by atoms with Gasteiger partial charge in [-0.25, -0.2) is 0 Å². The number of rotatable bonds is 3. The normalized spacial score (nSPS) is 9.17. The molecule has 1 aromatic heterocycles. The Kier molecular flexibility index (Phi) is 8.88. The van der Waals surface area contributed by atoms with Crippen LogP contribution in [0.25, 0.3) is 6.08 Å². The van der Waals surface area contributed by atoms with Gasteiger partial charge >= 0.3 is 20.4 Å². The Balaban J connectivity index is 0.000000273. The van der Waals surface area contributed by atoms with Crippen molar-refractivity contribution in [1.82, 2.24) is 4.98 Å². The molecule has 5 heteroatoms. The zero-order valence-electron chi connectivity index (χ0n) is 12.7. The summed E-state index contributed by atoms with van der Waals surface area (Å²) in [5, 5.41) is 22.8. The van der Waals surface area contributed by atoms with E-state index < -0.39 is 0 Å². The Morgan fingerprint density at radius 2 is 1.25 bits per heavy atom. The molecule has 0 atom stereocenters. The molecule has 0 saturated heterocycles. The second-order valence-corrected chi connectivity index (χ2v) is 5.56. The Morgan fingerprint density at radius 1 is 0.792 bits per heavy atom. The van der Waals surface area contributed by atoms with Crippen LogP contribution in [0.2, 0.25) is 0 Å². The molecule has 0 bridgehead atoms. The van der Waals surface area contributed by atoms with Gasteiger partial charge in [-0.3, -0.25) is 4.98 Å². The fourth-order valence-corrected chi connectivity index (χ4v) is 2.55. The van der Waals surface area contributed by atoms with Crippen molar-refractivity contribution < 1.29 is 30.6 Å². The van der Waals surface area contributed by atoms with Gasteiger partial charge < -0.3 is 10.2 Å². The van der Waals surface area contributed by atoms with E-state index in [0.717, 1.165) is 5.56 Å². The number of hydrogen-bond donors (Lipinski definition) is 0. The predicted octanol–water partition coefficient (Wildman–Crippen LogP) is 3.71. The summed E-state index contributed by atoms with van der Waals surface area (Å²) < 4.78 is 0. The van der Waals surface area contributed by atoms with Crippen molar-refractivity contribution in [3.05, 3.63) is 85.2 Å². The van der Waals surface area contributed by atoms with Gasteiger partial charge in [0.25, 0.3) is 0 Å². The molecule has 3 aromatic rings. The first-order chi connectivity index (χ1) is 11.2. The van der Waals surface area contributed by atoms with E-state index in [1.165, 1.54) is 23.9 Å². The Morgan fingerprint density at radius 3 is 1.62 bits per heavy atom. The summed E-state index contributed by atoms with van der Waals surface area (Å²) in [7, 11) is 0. The number of aromatic nitrogens is 1. The van der Waals surface area contributed by atoms with E-state index in [9.17, 15) is 10.2 Å². The molecule has 0 amide bonds. The molecule has 2 aromatic carbocycles. The molecule has 0 aliphatic heterocycles. The van der Waals surface area contributed by atoms with Crippen LogP contribution in [0.4, 0.5) is 0 Å². The van der Waals surface area contributed by atoms with E-state index in [1.54, 1.807) is 54.9 Å². The van der Waals surface area contributed by atoms with Crippen LogP contribution in [0.5, 0.6) is 11.5 Å². The standard InChI is InChI=1S/C12H10O2S.C7H7N.Pd/c13-9-5-1-3-7-11(9)15-12-8-4-2-6-10(12)14;1-2-7-3-5-8-6-4-7;/h1-8,13-14H;2-6H,1H2;/q;;+2/p-2. The first-order valence-electron chi connectivity index (χ1n) is 6.93. The van der Waals surface area contributed by atoms with Crippen LogP contribution in [-0.2, 0) is 20.4 Å². The fourth-order valence-electron chi connectivity index (χ4n) is 1.69. The number of nitrogens with zero attached hydrogens (tertiary/aromatic N) is 1. The van der Waals surface area contributed by atoms with Crippen LogP contribution in [-0.4, -0.2) is 4.98 Å². The summed E-state index contributed by atoms with van der Waals surface area (Å²) in [4.78, 5) is 5.01. The quantitative estimate of drug-likeness (QED) is 0.598. The topological polar surface area (TPSA) is 59.0 Å². The first kappa shape index (κ1) is 20.0. The van der Waals surface area contributed by atoms with Crippen molar-refractivity contribution >= 4 is 17.8 Å². The van der Waals surface area contributed by atoms with Crippen LogP contribution in [0, 0.1) is 0 Å². The van der Waals surface area contributed by atoms with E-state index in [2.05, 4.69) is 11.6 Å². The summed E-state index contributed by atoms with van der Waals surface area (Å²) in [6.45, 7) is 3.60. The smallest absolute Gasteiger partial charge is 0.872 e. The molecular weight excluding hydrogens is 413 g/mol. The summed E-state index contributed by atoms with van der Waals surface area (Å²) in [5.74, 6) is -0.100. The van der Waals surface area contributed by atoms with Crippen LogP contribution in [0.15, 0.2) is 89.4 Å². The molecule has 0 saturated carbocycles. The number of hydrogen-bond acceptors (Lipinski definition) is 4. The van der Waals surface area contributed by atoms with E-state index in [1.807, 2.05) is 12.1 Å². The van der Waals surface area contributed by atoms with Crippen molar-refractivity contribution in [3.63, 3.8) is 0 Å². The molecule has 24 heavy (non-hydrogen) atoms. The van der Waals surface area contributed by atoms with Gasteiger partial charge in [0.15, 0.2) is 0 Å². The molecule has 0 fully saturated rings. The molecule has 124 valence electrons. The zero-order chi connectivity index (χ0) is 16.5. The number of para-hydroxylation sites is 2. The van der Waals surface area contributed by atoms with Crippen LogP contribution < -0.4 is 10.2 Å². The minimum Gasteiger partial charge on any atom is -0.872 e. The van der Waals surface area contributed by atoms with Gasteiger partial charge in [-0.1, -0.05) is 72.3 Å². The van der Waals surface area contributed by atoms with E-state index in [4.69, 9.17) is 0 Å². The van der Waals surface area contributed by atoms with Gasteiger partial charge in [0, 0.05) is 22.2 Å². The Hall–Kier alpha value is -2.06. The maximum absolute atomic E-state index is 11.4. The summed E-state index contributed by atoms with van der Waals surface area (Å²) >= 11 is 1.22. The van der Waals surface area contributed by atoms with Crippen LogP contribution in [0.3, 0.4) is 0 Å². The largest absolute Gasteiger partial charge is 2.00 e. The Bertz CT molecular complexity index is 723. The van der Waals surface area contributed by atoms with Crippen LogP contribution >= 0.6 is 11.8 Å². The molecule has 0 spiro atoms. The molecule has 0 unspecified atom stereocenters. The van der Waals surface area contributed by atoms with Gasteiger partial charge in [0.1, 0.15) is 0 Å². The molecule has 1 heterocycles. The average Bonchev–Trinajstić information content (AvgIpc) is 2.60. The first-order valence-corrected chi connectivity index (χ1v) is 7.75. The van der Waals surface area contributed by atoms with Gasteiger partial charge in [0.2, 0.25) is 0 Å². The average molecular weight is 428 g/mol. The van der Waals surface area contributed by atoms with Gasteiger partial charge in [0.05, 0.1) is 0 Å². The molecule has 3 rings (SSSR count). The van der Waals surface area contributed by atoms with E-state index >= 15 is 0 Å². The van der Waals surface area contributed by atoms with Gasteiger partial charge in [-0.2, -0.15) is 0 Å².